The Morgan fingerprint density at radius 1 is 1.16 bits per heavy atom. The highest BCUT2D eigenvalue weighted by Gasteiger charge is 2.19. The lowest BCUT2D eigenvalue weighted by Crippen LogP contribution is -2.14. The smallest absolute Gasteiger partial charge is 0.234 e. The van der Waals surface area contributed by atoms with Gasteiger partial charge in [0, 0.05) is 17.6 Å². The minimum atomic E-state index is -0.0890. The summed E-state index contributed by atoms with van der Waals surface area (Å²) in [6.07, 6.45) is 0. The average molecular weight is 437 g/mol. The number of fused-ring (bicyclic) bond motifs is 1. The van der Waals surface area contributed by atoms with E-state index in [4.69, 9.17) is 9.15 Å². The number of para-hydroxylation sites is 1. The Labute approximate surface area is 184 Å². The lowest BCUT2D eigenvalue weighted by molar-refractivity contribution is -0.113. The van der Waals surface area contributed by atoms with Crippen molar-refractivity contribution in [1.82, 2.24) is 14.8 Å². The molecule has 31 heavy (non-hydrogen) atoms. The second-order valence-corrected chi connectivity index (χ2v) is 8.12. The number of aryl methyl sites for hydroxylation is 2. The van der Waals surface area contributed by atoms with Crippen LogP contribution in [0.3, 0.4) is 0 Å². The van der Waals surface area contributed by atoms with Crippen LogP contribution in [0.2, 0.25) is 0 Å². The van der Waals surface area contributed by atoms with Gasteiger partial charge in [-0.05, 0) is 56.2 Å². The number of carbonyl (C=O) groups is 1. The van der Waals surface area contributed by atoms with Crippen molar-refractivity contribution in [3.05, 3.63) is 53.6 Å². The summed E-state index contributed by atoms with van der Waals surface area (Å²) in [5.74, 6) is 2.05. The molecule has 1 amide bonds. The number of anilines is 1. The summed E-state index contributed by atoms with van der Waals surface area (Å²) in [6.45, 7) is 6.73. The number of nitrogens with zero attached hydrogens (tertiary/aromatic N) is 3. The summed E-state index contributed by atoms with van der Waals surface area (Å²) >= 11 is 1.35. The van der Waals surface area contributed by atoms with Crippen LogP contribution in [-0.4, -0.2) is 33.5 Å². The predicted octanol–water partition coefficient (Wildman–Crippen LogP) is 5.07. The quantitative estimate of drug-likeness (QED) is 0.408. The standard InChI is InChI=1S/C23H24N4O3S/c1-5-27-22(19-12-16-7-6-8-18(29-4)21(16)30-19)25-26-23(27)31-13-20(28)24-17-10-9-14(2)15(3)11-17/h6-12H,5,13H2,1-4H3,(H,24,28). The predicted molar refractivity (Wildman–Crippen MR) is 123 cm³/mol. The van der Waals surface area contributed by atoms with Crippen LogP contribution in [0, 0.1) is 13.8 Å². The van der Waals surface area contributed by atoms with Crippen molar-refractivity contribution in [3.63, 3.8) is 0 Å². The number of aromatic nitrogens is 3. The first-order valence-electron chi connectivity index (χ1n) is 10.00. The summed E-state index contributed by atoms with van der Waals surface area (Å²) in [5, 5.41) is 13.1. The maximum atomic E-state index is 12.4. The SMILES string of the molecule is CCn1c(SCC(=O)Nc2ccc(C)c(C)c2)nnc1-c1cc2cccc(OC)c2o1. The van der Waals surface area contributed by atoms with Crippen molar-refractivity contribution in [1.29, 1.82) is 0 Å². The molecule has 0 unspecified atom stereocenters. The van der Waals surface area contributed by atoms with Gasteiger partial charge in [0.2, 0.25) is 11.7 Å². The van der Waals surface area contributed by atoms with Gasteiger partial charge in [-0.2, -0.15) is 0 Å². The molecule has 0 fully saturated rings. The zero-order valence-corrected chi connectivity index (χ0v) is 18.7. The lowest BCUT2D eigenvalue weighted by Gasteiger charge is -2.08. The average Bonchev–Trinajstić information content (AvgIpc) is 3.38. The molecule has 0 aliphatic heterocycles. The third kappa shape index (κ3) is 4.29. The van der Waals surface area contributed by atoms with E-state index in [9.17, 15) is 4.79 Å². The van der Waals surface area contributed by atoms with Crippen LogP contribution >= 0.6 is 11.8 Å². The Morgan fingerprint density at radius 2 is 2.00 bits per heavy atom. The fourth-order valence-corrected chi connectivity index (χ4v) is 4.12. The Hall–Kier alpha value is -3.26. The molecular weight excluding hydrogens is 412 g/mol. The van der Waals surface area contributed by atoms with Gasteiger partial charge in [-0.3, -0.25) is 9.36 Å². The van der Waals surface area contributed by atoms with Gasteiger partial charge in [-0.25, -0.2) is 0 Å². The minimum absolute atomic E-state index is 0.0890. The molecular formula is C23H24N4O3S. The number of carbonyl (C=O) groups excluding carboxylic acids is 1. The number of hydrogen-bond donors (Lipinski definition) is 1. The summed E-state index contributed by atoms with van der Waals surface area (Å²) in [6, 6.07) is 13.5. The van der Waals surface area contributed by atoms with E-state index in [2.05, 4.69) is 15.5 Å². The lowest BCUT2D eigenvalue weighted by atomic mass is 10.1. The highest BCUT2D eigenvalue weighted by molar-refractivity contribution is 7.99. The van der Waals surface area contributed by atoms with Crippen molar-refractivity contribution in [2.75, 3.05) is 18.2 Å². The Bertz CT molecular complexity index is 1250. The van der Waals surface area contributed by atoms with Gasteiger partial charge in [-0.1, -0.05) is 30.0 Å². The number of furan rings is 1. The number of rotatable bonds is 7. The van der Waals surface area contributed by atoms with E-state index in [1.165, 1.54) is 17.3 Å². The topological polar surface area (TPSA) is 82.2 Å². The number of benzene rings is 2. The molecule has 0 saturated heterocycles. The van der Waals surface area contributed by atoms with Crippen LogP contribution < -0.4 is 10.1 Å². The molecule has 0 saturated carbocycles. The fraction of sp³-hybridized carbons (Fsp3) is 0.261. The Kier molecular flexibility index (Phi) is 5.99. The third-order valence-corrected chi connectivity index (χ3v) is 6.07. The molecule has 0 aliphatic rings. The van der Waals surface area contributed by atoms with Gasteiger partial charge in [0.25, 0.3) is 0 Å². The molecule has 0 radical (unpaired) electrons. The number of ether oxygens (including phenoxy) is 1. The molecule has 160 valence electrons. The zero-order chi connectivity index (χ0) is 22.0. The molecule has 0 atom stereocenters. The molecule has 1 N–H and O–H groups in total. The van der Waals surface area contributed by atoms with Crippen LogP contribution in [0.25, 0.3) is 22.6 Å². The van der Waals surface area contributed by atoms with Crippen LogP contribution in [0.15, 0.2) is 52.0 Å². The van der Waals surface area contributed by atoms with E-state index >= 15 is 0 Å². The zero-order valence-electron chi connectivity index (χ0n) is 17.9. The van der Waals surface area contributed by atoms with E-state index in [-0.39, 0.29) is 11.7 Å². The summed E-state index contributed by atoms with van der Waals surface area (Å²) < 4.78 is 13.3. The summed E-state index contributed by atoms with van der Waals surface area (Å²) in [5.41, 5.74) is 3.80. The first-order valence-corrected chi connectivity index (χ1v) is 11.0. The number of amides is 1. The molecule has 4 rings (SSSR count). The van der Waals surface area contributed by atoms with E-state index in [1.54, 1.807) is 7.11 Å². The van der Waals surface area contributed by atoms with Gasteiger partial charge in [0.15, 0.2) is 22.2 Å². The molecule has 7 nitrogen and oxygen atoms in total. The van der Waals surface area contributed by atoms with Gasteiger partial charge in [-0.15, -0.1) is 10.2 Å². The minimum Gasteiger partial charge on any atom is -0.493 e. The maximum Gasteiger partial charge on any atom is 0.234 e. The molecule has 0 spiro atoms. The van der Waals surface area contributed by atoms with Gasteiger partial charge in [0.1, 0.15) is 0 Å². The van der Waals surface area contributed by atoms with Crippen LogP contribution in [0.4, 0.5) is 5.69 Å². The Morgan fingerprint density at radius 3 is 2.74 bits per heavy atom. The van der Waals surface area contributed by atoms with Crippen LogP contribution in [-0.2, 0) is 11.3 Å². The van der Waals surface area contributed by atoms with Crippen molar-refractivity contribution >= 4 is 34.3 Å². The van der Waals surface area contributed by atoms with Crippen molar-refractivity contribution < 1.29 is 13.9 Å². The molecule has 0 bridgehead atoms. The van der Waals surface area contributed by atoms with Crippen molar-refractivity contribution in [2.24, 2.45) is 0 Å². The number of nitrogens with one attached hydrogen (secondary N) is 1. The van der Waals surface area contributed by atoms with Crippen molar-refractivity contribution in [3.8, 4) is 17.3 Å². The molecule has 2 aromatic heterocycles. The van der Waals surface area contributed by atoms with Gasteiger partial charge >= 0.3 is 0 Å². The second-order valence-electron chi connectivity index (χ2n) is 7.18. The first kappa shape index (κ1) is 21.0. The highest BCUT2D eigenvalue weighted by Crippen LogP contribution is 2.33. The molecule has 4 aromatic rings. The van der Waals surface area contributed by atoms with Gasteiger partial charge in [0.05, 0.1) is 12.9 Å². The third-order valence-electron chi connectivity index (χ3n) is 5.10. The number of methoxy groups -OCH3 is 1. The number of thioether (sulfide) groups is 1. The Balaban J connectivity index is 1.50. The molecule has 0 aliphatic carbocycles. The normalized spacial score (nSPS) is 11.1. The van der Waals surface area contributed by atoms with E-state index < -0.39 is 0 Å². The maximum absolute atomic E-state index is 12.4. The summed E-state index contributed by atoms with van der Waals surface area (Å²) in [4.78, 5) is 12.4. The van der Waals surface area contributed by atoms with E-state index in [1.807, 2.05) is 67.8 Å². The highest BCUT2D eigenvalue weighted by atomic mass is 32.2. The first-order chi connectivity index (χ1) is 15.0. The largest absolute Gasteiger partial charge is 0.493 e. The fourth-order valence-electron chi connectivity index (χ4n) is 3.32. The van der Waals surface area contributed by atoms with Crippen molar-refractivity contribution in [2.45, 2.75) is 32.5 Å². The van der Waals surface area contributed by atoms with Crippen LogP contribution in [0.1, 0.15) is 18.1 Å². The molecule has 2 aromatic carbocycles. The summed E-state index contributed by atoms with van der Waals surface area (Å²) in [7, 11) is 1.61. The van der Waals surface area contributed by atoms with Gasteiger partial charge < -0.3 is 14.5 Å². The number of hydrogen-bond acceptors (Lipinski definition) is 6. The van der Waals surface area contributed by atoms with Crippen LogP contribution in [0.5, 0.6) is 5.75 Å². The molecule has 8 heteroatoms. The van der Waals surface area contributed by atoms with E-state index in [0.717, 1.165) is 16.6 Å². The second kappa shape index (κ2) is 8.85. The monoisotopic (exact) mass is 436 g/mol. The van der Waals surface area contributed by atoms with E-state index in [0.29, 0.717) is 34.6 Å². The molecule has 2 heterocycles.